The Labute approximate surface area is 133 Å². The van der Waals surface area contributed by atoms with Crippen LogP contribution in [0.25, 0.3) is 0 Å². The number of halogens is 1. The lowest BCUT2D eigenvalue weighted by Gasteiger charge is -2.14. The second-order valence-electron chi connectivity index (χ2n) is 5.31. The van der Waals surface area contributed by atoms with Crippen LogP contribution >= 0.6 is 0 Å². The second-order valence-corrected chi connectivity index (χ2v) is 6.96. The average Bonchev–Trinajstić information content (AvgIpc) is 2.44. The van der Waals surface area contributed by atoms with E-state index in [2.05, 4.69) is 4.72 Å². The van der Waals surface area contributed by atoms with E-state index in [1.54, 1.807) is 20.8 Å². The van der Waals surface area contributed by atoms with Crippen molar-refractivity contribution in [3.63, 3.8) is 0 Å². The summed E-state index contributed by atoms with van der Waals surface area (Å²) in [5, 5.41) is 9.09. The van der Waals surface area contributed by atoms with Gasteiger partial charge in [-0.3, -0.25) is 4.72 Å². The predicted molar refractivity (Wildman–Crippen MR) is 84.8 cm³/mol. The molecule has 0 aliphatic heterocycles. The fraction of sp³-hybridized carbons (Fsp3) is 0.188. The number of carboxylic acid groups (broad SMARTS) is 1. The number of sulfonamides is 1. The van der Waals surface area contributed by atoms with Crippen LogP contribution in [0.3, 0.4) is 0 Å². The highest BCUT2D eigenvalue weighted by Crippen LogP contribution is 2.25. The Kier molecular flexibility index (Phi) is 4.42. The van der Waals surface area contributed by atoms with Gasteiger partial charge in [0.05, 0.1) is 16.1 Å². The highest BCUT2D eigenvalue weighted by Gasteiger charge is 2.22. The molecule has 0 saturated heterocycles. The molecule has 2 N–H and O–H groups in total. The van der Waals surface area contributed by atoms with Gasteiger partial charge >= 0.3 is 5.97 Å². The summed E-state index contributed by atoms with van der Waals surface area (Å²) in [6.07, 6.45) is 0. The Morgan fingerprint density at radius 2 is 1.78 bits per heavy atom. The van der Waals surface area contributed by atoms with Crippen LogP contribution in [0.2, 0.25) is 0 Å². The van der Waals surface area contributed by atoms with Crippen molar-refractivity contribution in [2.24, 2.45) is 0 Å². The first kappa shape index (κ1) is 17.0. The number of anilines is 1. The number of hydrogen-bond donors (Lipinski definition) is 2. The first-order valence-electron chi connectivity index (χ1n) is 6.75. The molecule has 0 fully saturated rings. The summed E-state index contributed by atoms with van der Waals surface area (Å²) >= 11 is 0. The second kappa shape index (κ2) is 6.00. The van der Waals surface area contributed by atoms with Gasteiger partial charge in [0, 0.05) is 0 Å². The zero-order chi connectivity index (χ0) is 17.4. The van der Waals surface area contributed by atoms with E-state index in [1.807, 2.05) is 0 Å². The normalized spacial score (nSPS) is 11.3. The van der Waals surface area contributed by atoms with Crippen molar-refractivity contribution < 1.29 is 22.7 Å². The molecule has 23 heavy (non-hydrogen) atoms. The Hall–Kier alpha value is -2.41. The molecule has 0 saturated carbocycles. The Morgan fingerprint density at radius 3 is 2.39 bits per heavy atom. The largest absolute Gasteiger partial charge is 0.478 e. The van der Waals surface area contributed by atoms with Crippen molar-refractivity contribution in [2.45, 2.75) is 25.7 Å². The molecule has 0 atom stereocenters. The van der Waals surface area contributed by atoms with E-state index in [-0.39, 0.29) is 16.1 Å². The third-order valence-electron chi connectivity index (χ3n) is 3.52. The molecule has 7 heteroatoms. The molecule has 2 aromatic rings. The summed E-state index contributed by atoms with van der Waals surface area (Å²) in [4.78, 5) is 10.9. The van der Waals surface area contributed by atoms with Crippen LogP contribution in [-0.2, 0) is 10.0 Å². The van der Waals surface area contributed by atoms with Gasteiger partial charge < -0.3 is 5.11 Å². The average molecular weight is 337 g/mol. The lowest BCUT2D eigenvalue weighted by molar-refractivity contribution is 0.0696. The number of benzene rings is 2. The van der Waals surface area contributed by atoms with E-state index in [0.29, 0.717) is 16.7 Å². The molecule has 122 valence electrons. The third-order valence-corrected chi connectivity index (χ3v) is 5.01. The minimum absolute atomic E-state index is 0.141. The van der Waals surface area contributed by atoms with E-state index < -0.39 is 21.8 Å². The maximum absolute atomic E-state index is 13.8. The van der Waals surface area contributed by atoms with Crippen LogP contribution in [0.15, 0.2) is 35.2 Å². The van der Waals surface area contributed by atoms with Crippen molar-refractivity contribution in [1.82, 2.24) is 0 Å². The lowest BCUT2D eigenvalue weighted by Crippen LogP contribution is -2.17. The fourth-order valence-electron chi connectivity index (χ4n) is 2.15. The van der Waals surface area contributed by atoms with Gasteiger partial charge in [0.1, 0.15) is 5.82 Å². The standard InChI is InChI=1S/C16H16FNO4S/c1-9-4-5-13(17)14(6-9)18-23(21,22)15-8-12(16(19)20)7-10(2)11(15)3/h4-8,18H,1-3H3,(H,19,20). The fourth-order valence-corrected chi connectivity index (χ4v) is 3.55. The van der Waals surface area contributed by atoms with Crippen LogP contribution in [0.5, 0.6) is 0 Å². The van der Waals surface area contributed by atoms with Crippen LogP contribution in [0.1, 0.15) is 27.0 Å². The van der Waals surface area contributed by atoms with E-state index in [0.717, 1.165) is 6.07 Å². The minimum atomic E-state index is -4.12. The van der Waals surface area contributed by atoms with Crippen LogP contribution in [0.4, 0.5) is 10.1 Å². The maximum atomic E-state index is 13.8. The van der Waals surface area contributed by atoms with Crippen LogP contribution < -0.4 is 4.72 Å². The van der Waals surface area contributed by atoms with Gasteiger partial charge in [-0.25, -0.2) is 17.6 Å². The Balaban J connectivity index is 2.56. The predicted octanol–water partition coefficient (Wildman–Crippen LogP) is 3.25. The summed E-state index contributed by atoms with van der Waals surface area (Å²) in [5.41, 5.74) is 1.31. The highest BCUT2D eigenvalue weighted by molar-refractivity contribution is 7.92. The summed E-state index contributed by atoms with van der Waals surface area (Å²) in [7, 11) is -4.12. The van der Waals surface area contributed by atoms with Gasteiger partial charge in [0.15, 0.2) is 0 Å². The number of carboxylic acids is 1. The number of aryl methyl sites for hydroxylation is 2. The SMILES string of the molecule is Cc1ccc(F)c(NS(=O)(=O)c2cc(C(=O)O)cc(C)c2C)c1. The maximum Gasteiger partial charge on any atom is 0.335 e. The first-order valence-corrected chi connectivity index (χ1v) is 8.23. The van der Waals surface area contributed by atoms with Crippen molar-refractivity contribution in [3.8, 4) is 0 Å². The van der Waals surface area contributed by atoms with E-state index in [9.17, 15) is 17.6 Å². The summed E-state index contributed by atoms with van der Waals surface area (Å²) in [6.45, 7) is 4.90. The number of carbonyl (C=O) groups is 1. The molecule has 0 radical (unpaired) electrons. The van der Waals surface area contributed by atoms with Gasteiger partial charge in [0.2, 0.25) is 0 Å². The molecule has 0 aliphatic rings. The quantitative estimate of drug-likeness (QED) is 0.897. The van der Waals surface area contributed by atoms with Gasteiger partial charge in [0.25, 0.3) is 10.0 Å². The molecule has 2 aromatic carbocycles. The Bertz CT molecular complexity index is 891. The topological polar surface area (TPSA) is 83.5 Å². The van der Waals surface area contributed by atoms with Crippen molar-refractivity contribution >= 4 is 21.7 Å². The molecule has 0 amide bonds. The number of rotatable bonds is 4. The monoisotopic (exact) mass is 337 g/mol. The molecule has 0 bridgehead atoms. The van der Waals surface area contributed by atoms with E-state index >= 15 is 0 Å². The first-order chi connectivity index (χ1) is 10.6. The third kappa shape index (κ3) is 3.50. The molecule has 5 nitrogen and oxygen atoms in total. The molecular weight excluding hydrogens is 321 g/mol. The van der Waals surface area contributed by atoms with Gasteiger partial charge in [-0.05, 0) is 61.7 Å². The van der Waals surface area contributed by atoms with Crippen LogP contribution in [0, 0.1) is 26.6 Å². The summed E-state index contributed by atoms with van der Waals surface area (Å²) < 4.78 is 41.0. The van der Waals surface area contributed by atoms with Crippen molar-refractivity contribution in [1.29, 1.82) is 0 Å². The molecule has 2 rings (SSSR count). The van der Waals surface area contributed by atoms with Gasteiger partial charge in [-0.2, -0.15) is 0 Å². The van der Waals surface area contributed by atoms with Gasteiger partial charge in [-0.15, -0.1) is 0 Å². The molecule has 0 aromatic heterocycles. The molecule has 0 unspecified atom stereocenters. The lowest BCUT2D eigenvalue weighted by atomic mass is 10.1. The van der Waals surface area contributed by atoms with Crippen molar-refractivity contribution in [2.75, 3.05) is 4.72 Å². The van der Waals surface area contributed by atoms with Gasteiger partial charge in [-0.1, -0.05) is 6.07 Å². The zero-order valence-corrected chi connectivity index (χ0v) is 13.7. The van der Waals surface area contributed by atoms with E-state index in [4.69, 9.17) is 5.11 Å². The summed E-state index contributed by atoms with van der Waals surface area (Å²) in [6, 6.07) is 6.52. The Morgan fingerprint density at radius 1 is 1.13 bits per heavy atom. The zero-order valence-electron chi connectivity index (χ0n) is 12.8. The minimum Gasteiger partial charge on any atom is -0.478 e. The van der Waals surface area contributed by atoms with E-state index in [1.165, 1.54) is 24.3 Å². The number of hydrogen-bond acceptors (Lipinski definition) is 3. The molecule has 0 heterocycles. The molecule has 0 spiro atoms. The van der Waals surface area contributed by atoms with Crippen molar-refractivity contribution in [3.05, 3.63) is 58.4 Å². The number of aromatic carboxylic acids is 1. The highest BCUT2D eigenvalue weighted by atomic mass is 32.2. The number of nitrogens with one attached hydrogen (secondary N) is 1. The molecule has 0 aliphatic carbocycles. The molecular formula is C16H16FNO4S. The van der Waals surface area contributed by atoms with Crippen LogP contribution in [-0.4, -0.2) is 19.5 Å². The smallest absolute Gasteiger partial charge is 0.335 e. The summed E-state index contributed by atoms with van der Waals surface area (Å²) in [5.74, 6) is -1.94.